The Balaban J connectivity index is 2.93. The minimum atomic E-state index is -0.404. The van der Waals surface area contributed by atoms with E-state index in [1.54, 1.807) is 7.11 Å². The van der Waals surface area contributed by atoms with Crippen LogP contribution >= 0.6 is 0 Å². The summed E-state index contributed by atoms with van der Waals surface area (Å²) < 4.78 is 5.38. The minimum Gasteiger partial charge on any atom is -0.401 e. The van der Waals surface area contributed by atoms with E-state index < -0.39 is 5.60 Å². The van der Waals surface area contributed by atoms with Gasteiger partial charge in [-0.15, -0.1) is 0 Å². The van der Waals surface area contributed by atoms with E-state index in [0.717, 1.165) is 6.42 Å². The van der Waals surface area contributed by atoms with Gasteiger partial charge in [0.1, 0.15) is 5.60 Å². The van der Waals surface area contributed by atoms with Crippen molar-refractivity contribution in [2.24, 2.45) is 11.5 Å². The van der Waals surface area contributed by atoms with Crippen molar-refractivity contribution in [3.05, 3.63) is 23.9 Å². The van der Waals surface area contributed by atoms with Gasteiger partial charge in [0.15, 0.2) is 0 Å². The lowest BCUT2D eigenvalue weighted by molar-refractivity contribution is 0.0146. The molecule has 0 spiro atoms. The van der Waals surface area contributed by atoms with Crippen LogP contribution < -0.4 is 11.5 Å². The fourth-order valence-electron chi connectivity index (χ4n) is 1.49. The maximum absolute atomic E-state index is 5.91. The average Bonchev–Trinajstić information content (AvgIpc) is 2.11. The maximum Gasteiger partial charge on any atom is 0.106 e. The Labute approximate surface area is 73.1 Å². The summed E-state index contributed by atoms with van der Waals surface area (Å²) in [6.07, 6.45) is 6.51. The molecule has 1 rings (SSSR count). The molecule has 1 aliphatic carbocycles. The SMILES string of the molecule is CCC1(OC)C=CC=C(N)C1N. The van der Waals surface area contributed by atoms with Gasteiger partial charge < -0.3 is 16.2 Å². The largest absolute Gasteiger partial charge is 0.401 e. The first-order valence-corrected chi connectivity index (χ1v) is 4.12. The van der Waals surface area contributed by atoms with Crippen molar-refractivity contribution in [2.45, 2.75) is 25.0 Å². The Hall–Kier alpha value is -0.800. The summed E-state index contributed by atoms with van der Waals surface area (Å²) in [5, 5.41) is 0. The average molecular weight is 168 g/mol. The number of rotatable bonds is 2. The van der Waals surface area contributed by atoms with Crippen LogP contribution in [0.2, 0.25) is 0 Å². The van der Waals surface area contributed by atoms with Crippen LogP contribution in [-0.2, 0) is 4.74 Å². The highest BCUT2D eigenvalue weighted by atomic mass is 16.5. The third kappa shape index (κ3) is 1.26. The van der Waals surface area contributed by atoms with Crippen molar-refractivity contribution >= 4 is 0 Å². The third-order valence-corrected chi connectivity index (χ3v) is 2.49. The Morgan fingerprint density at radius 3 is 2.75 bits per heavy atom. The molecule has 0 saturated heterocycles. The molecule has 12 heavy (non-hydrogen) atoms. The summed E-state index contributed by atoms with van der Waals surface area (Å²) in [5.74, 6) is 0. The zero-order valence-electron chi connectivity index (χ0n) is 7.58. The second-order valence-electron chi connectivity index (χ2n) is 3.02. The van der Waals surface area contributed by atoms with Crippen molar-refractivity contribution in [3.63, 3.8) is 0 Å². The number of nitrogens with two attached hydrogens (primary N) is 2. The molecule has 0 aliphatic heterocycles. The first kappa shape index (κ1) is 9.29. The van der Waals surface area contributed by atoms with E-state index >= 15 is 0 Å². The van der Waals surface area contributed by atoms with E-state index in [9.17, 15) is 0 Å². The molecule has 3 nitrogen and oxygen atoms in total. The minimum absolute atomic E-state index is 0.225. The summed E-state index contributed by atoms with van der Waals surface area (Å²) >= 11 is 0. The fraction of sp³-hybridized carbons (Fsp3) is 0.556. The van der Waals surface area contributed by atoms with Crippen LogP contribution in [0.3, 0.4) is 0 Å². The second kappa shape index (κ2) is 3.29. The molecule has 0 radical (unpaired) electrons. The van der Waals surface area contributed by atoms with Gasteiger partial charge in [0.25, 0.3) is 0 Å². The number of methoxy groups -OCH3 is 1. The molecule has 0 heterocycles. The summed E-state index contributed by atoms with van der Waals surface area (Å²) in [5.41, 5.74) is 11.9. The summed E-state index contributed by atoms with van der Waals surface area (Å²) in [6.45, 7) is 2.03. The van der Waals surface area contributed by atoms with E-state index in [4.69, 9.17) is 16.2 Å². The molecule has 1 aliphatic rings. The lowest BCUT2D eigenvalue weighted by Gasteiger charge is -2.36. The molecule has 68 valence electrons. The zero-order chi connectivity index (χ0) is 9.19. The maximum atomic E-state index is 5.91. The van der Waals surface area contributed by atoms with Gasteiger partial charge in [-0.05, 0) is 12.5 Å². The van der Waals surface area contributed by atoms with Crippen LogP contribution in [0.5, 0.6) is 0 Å². The molecule has 2 atom stereocenters. The van der Waals surface area contributed by atoms with Crippen LogP contribution in [0.1, 0.15) is 13.3 Å². The Morgan fingerprint density at radius 2 is 2.33 bits per heavy atom. The Kier molecular flexibility index (Phi) is 2.55. The van der Waals surface area contributed by atoms with Crippen LogP contribution in [0, 0.1) is 0 Å². The molecular formula is C9H16N2O. The van der Waals surface area contributed by atoms with E-state index in [0.29, 0.717) is 5.70 Å². The van der Waals surface area contributed by atoms with E-state index in [1.807, 2.05) is 25.2 Å². The van der Waals surface area contributed by atoms with E-state index in [1.165, 1.54) is 0 Å². The van der Waals surface area contributed by atoms with Crippen molar-refractivity contribution in [1.82, 2.24) is 0 Å². The van der Waals surface area contributed by atoms with Gasteiger partial charge in [-0.25, -0.2) is 0 Å². The van der Waals surface area contributed by atoms with E-state index in [2.05, 4.69) is 0 Å². The van der Waals surface area contributed by atoms with Crippen molar-refractivity contribution < 1.29 is 4.74 Å². The highest BCUT2D eigenvalue weighted by molar-refractivity contribution is 5.29. The zero-order valence-corrected chi connectivity index (χ0v) is 7.58. The third-order valence-electron chi connectivity index (χ3n) is 2.49. The van der Waals surface area contributed by atoms with E-state index in [-0.39, 0.29) is 6.04 Å². The summed E-state index contributed by atoms with van der Waals surface area (Å²) in [4.78, 5) is 0. The van der Waals surface area contributed by atoms with Crippen LogP contribution in [0.15, 0.2) is 23.9 Å². The van der Waals surface area contributed by atoms with Gasteiger partial charge in [0.05, 0.1) is 6.04 Å². The quantitative estimate of drug-likeness (QED) is 0.632. The topological polar surface area (TPSA) is 61.3 Å². The van der Waals surface area contributed by atoms with Crippen LogP contribution in [0.25, 0.3) is 0 Å². The molecule has 0 amide bonds. The highest BCUT2D eigenvalue weighted by Gasteiger charge is 2.35. The predicted molar refractivity (Wildman–Crippen MR) is 49.4 cm³/mol. The number of hydrogen-bond acceptors (Lipinski definition) is 3. The summed E-state index contributed by atoms with van der Waals surface area (Å²) in [6, 6.07) is -0.225. The van der Waals surface area contributed by atoms with Crippen LogP contribution in [-0.4, -0.2) is 18.8 Å². The van der Waals surface area contributed by atoms with Gasteiger partial charge in [-0.3, -0.25) is 0 Å². The lowest BCUT2D eigenvalue weighted by atomic mass is 9.86. The summed E-state index contributed by atoms with van der Waals surface area (Å²) in [7, 11) is 1.66. The highest BCUT2D eigenvalue weighted by Crippen LogP contribution is 2.26. The Morgan fingerprint density at radius 1 is 1.67 bits per heavy atom. The smallest absolute Gasteiger partial charge is 0.106 e. The molecule has 3 heteroatoms. The van der Waals surface area contributed by atoms with Crippen molar-refractivity contribution in [3.8, 4) is 0 Å². The monoisotopic (exact) mass is 168 g/mol. The van der Waals surface area contributed by atoms with Crippen LogP contribution in [0.4, 0.5) is 0 Å². The fourth-order valence-corrected chi connectivity index (χ4v) is 1.49. The number of ether oxygens (including phenoxy) is 1. The molecular weight excluding hydrogens is 152 g/mol. The molecule has 0 bridgehead atoms. The molecule has 4 N–H and O–H groups in total. The van der Waals surface area contributed by atoms with Crippen molar-refractivity contribution in [2.75, 3.05) is 7.11 Å². The first-order valence-electron chi connectivity index (χ1n) is 4.12. The first-order chi connectivity index (χ1) is 5.66. The van der Waals surface area contributed by atoms with Gasteiger partial charge in [-0.2, -0.15) is 0 Å². The predicted octanol–water partition coefficient (Wildman–Crippen LogP) is 0.521. The Bertz CT molecular complexity index is 217. The lowest BCUT2D eigenvalue weighted by Crippen LogP contribution is -2.51. The molecule has 0 aromatic heterocycles. The normalized spacial score (nSPS) is 34.9. The molecule has 0 fully saturated rings. The standard InChI is InChI=1S/C9H16N2O/c1-3-9(12-2)6-4-5-7(10)8(9)11/h4-6,8H,3,10-11H2,1-2H3. The van der Waals surface area contributed by atoms with Gasteiger partial charge in [-0.1, -0.05) is 19.1 Å². The molecule has 0 aromatic rings. The van der Waals surface area contributed by atoms with Crippen molar-refractivity contribution in [1.29, 1.82) is 0 Å². The van der Waals surface area contributed by atoms with Gasteiger partial charge >= 0.3 is 0 Å². The molecule has 0 aromatic carbocycles. The molecule has 2 unspecified atom stereocenters. The van der Waals surface area contributed by atoms with Gasteiger partial charge in [0.2, 0.25) is 0 Å². The number of hydrogen-bond donors (Lipinski definition) is 2. The molecule has 0 saturated carbocycles. The number of allylic oxidation sites excluding steroid dienone is 2. The van der Waals surface area contributed by atoms with Gasteiger partial charge in [0, 0.05) is 12.8 Å². The second-order valence-corrected chi connectivity index (χ2v) is 3.02.